The van der Waals surface area contributed by atoms with Gasteiger partial charge in [0.1, 0.15) is 5.75 Å². The van der Waals surface area contributed by atoms with Crippen molar-refractivity contribution in [2.75, 3.05) is 7.11 Å². The maximum atomic E-state index is 13.9. The molecule has 0 fully saturated rings. The summed E-state index contributed by atoms with van der Waals surface area (Å²) in [6.45, 7) is 0. The third-order valence-corrected chi connectivity index (χ3v) is 3.54. The van der Waals surface area contributed by atoms with E-state index in [-0.39, 0.29) is 5.56 Å². The lowest BCUT2D eigenvalue weighted by Crippen LogP contribution is -2.30. The number of nitrogens with two attached hydrogens (primary N) is 1. The van der Waals surface area contributed by atoms with Gasteiger partial charge in [-0.05, 0) is 18.2 Å². The first-order valence-electron chi connectivity index (χ1n) is 5.92. The summed E-state index contributed by atoms with van der Waals surface area (Å²) in [5.41, 5.74) is 2.77. The molecule has 0 bridgehead atoms. The summed E-state index contributed by atoms with van der Waals surface area (Å²) in [6.07, 6.45) is 0. The Morgan fingerprint density at radius 3 is 2.38 bits per heavy atom. The van der Waals surface area contributed by atoms with Gasteiger partial charge < -0.3 is 4.74 Å². The van der Waals surface area contributed by atoms with Crippen LogP contribution in [-0.4, -0.2) is 7.11 Å². The summed E-state index contributed by atoms with van der Waals surface area (Å²) >= 11 is 3.28. The van der Waals surface area contributed by atoms with Crippen molar-refractivity contribution in [1.29, 1.82) is 0 Å². The largest absolute Gasteiger partial charge is 0.496 e. The van der Waals surface area contributed by atoms with Gasteiger partial charge in [-0.15, -0.1) is 0 Å². The van der Waals surface area contributed by atoms with Gasteiger partial charge >= 0.3 is 0 Å². The highest BCUT2D eigenvalue weighted by Crippen LogP contribution is 2.33. The van der Waals surface area contributed by atoms with Gasteiger partial charge in [0.2, 0.25) is 0 Å². The molecule has 0 saturated heterocycles. The van der Waals surface area contributed by atoms with E-state index in [1.54, 1.807) is 18.2 Å². The van der Waals surface area contributed by atoms with Crippen molar-refractivity contribution >= 4 is 15.9 Å². The quantitative estimate of drug-likeness (QED) is 0.498. The van der Waals surface area contributed by atoms with E-state index in [0.29, 0.717) is 11.3 Å². The number of nitrogens with one attached hydrogen (secondary N) is 1. The van der Waals surface area contributed by atoms with E-state index < -0.39 is 23.5 Å². The van der Waals surface area contributed by atoms with E-state index in [2.05, 4.69) is 21.4 Å². The van der Waals surface area contributed by atoms with Crippen molar-refractivity contribution in [2.45, 2.75) is 6.04 Å². The van der Waals surface area contributed by atoms with Gasteiger partial charge in [0.25, 0.3) is 0 Å². The Labute approximate surface area is 128 Å². The number of hydrazine groups is 1. The summed E-state index contributed by atoms with van der Waals surface area (Å²) in [6, 6.07) is 6.12. The number of rotatable bonds is 4. The summed E-state index contributed by atoms with van der Waals surface area (Å²) in [5.74, 6) is 1.80. The van der Waals surface area contributed by atoms with Crippen LogP contribution in [0.3, 0.4) is 0 Å². The molecule has 0 heterocycles. The van der Waals surface area contributed by atoms with E-state index >= 15 is 0 Å². The first kappa shape index (κ1) is 15.8. The predicted octanol–water partition coefficient (Wildman–Crippen LogP) is 3.43. The van der Waals surface area contributed by atoms with Crippen LogP contribution >= 0.6 is 15.9 Å². The number of hydrogen-bond acceptors (Lipinski definition) is 3. The topological polar surface area (TPSA) is 47.3 Å². The van der Waals surface area contributed by atoms with Gasteiger partial charge in [0.05, 0.1) is 13.2 Å². The molecular weight excluding hydrogens is 349 g/mol. The van der Waals surface area contributed by atoms with E-state index in [0.717, 1.165) is 16.6 Å². The molecule has 0 amide bonds. The zero-order chi connectivity index (χ0) is 15.6. The number of hydrogen-bond donors (Lipinski definition) is 2. The molecule has 7 heteroatoms. The van der Waals surface area contributed by atoms with Gasteiger partial charge in [-0.1, -0.05) is 28.1 Å². The fourth-order valence-corrected chi connectivity index (χ4v) is 2.37. The molecular formula is C14H12BrF3N2O. The molecule has 2 aromatic carbocycles. The van der Waals surface area contributed by atoms with Crippen LogP contribution in [0.15, 0.2) is 34.8 Å². The van der Waals surface area contributed by atoms with Gasteiger partial charge in [-0.2, -0.15) is 0 Å². The van der Waals surface area contributed by atoms with Crippen molar-refractivity contribution < 1.29 is 17.9 Å². The number of methoxy groups -OCH3 is 1. The van der Waals surface area contributed by atoms with Crippen molar-refractivity contribution in [3.8, 4) is 5.75 Å². The minimum absolute atomic E-state index is 0.114. The average molecular weight is 361 g/mol. The van der Waals surface area contributed by atoms with Gasteiger partial charge in [0.15, 0.2) is 17.5 Å². The minimum atomic E-state index is -1.54. The lowest BCUT2D eigenvalue weighted by molar-refractivity contribution is 0.400. The Hall–Kier alpha value is -1.57. The van der Waals surface area contributed by atoms with Gasteiger partial charge in [-0.25, -0.2) is 18.6 Å². The highest BCUT2D eigenvalue weighted by atomic mass is 79.9. The van der Waals surface area contributed by atoms with Crippen molar-refractivity contribution in [3.05, 3.63) is 63.4 Å². The van der Waals surface area contributed by atoms with Crippen LogP contribution in [0.1, 0.15) is 17.2 Å². The summed E-state index contributed by atoms with van der Waals surface area (Å²) in [4.78, 5) is 0. The number of halogens is 4. The molecule has 3 nitrogen and oxygen atoms in total. The highest BCUT2D eigenvalue weighted by molar-refractivity contribution is 9.10. The molecule has 2 rings (SSSR count). The smallest absolute Gasteiger partial charge is 0.194 e. The molecule has 112 valence electrons. The molecule has 1 atom stereocenters. The van der Waals surface area contributed by atoms with E-state index in [9.17, 15) is 13.2 Å². The molecule has 0 spiro atoms. The summed E-state index contributed by atoms with van der Waals surface area (Å²) in [5, 5.41) is 0. The molecule has 3 N–H and O–H groups in total. The van der Waals surface area contributed by atoms with Crippen LogP contribution in [0.2, 0.25) is 0 Å². The molecule has 1 unspecified atom stereocenters. The monoisotopic (exact) mass is 360 g/mol. The van der Waals surface area contributed by atoms with E-state index in [4.69, 9.17) is 10.6 Å². The molecule has 0 aliphatic rings. The van der Waals surface area contributed by atoms with Crippen LogP contribution in [-0.2, 0) is 0 Å². The Kier molecular flexibility index (Phi) is 4.87. The second-order valence-electron chi connectivity index (χ2n) is 4.25. The zero-order valence-electron chi connectivity index (χ0n) is 11.0. The van der Waals surface area contributed by atoms with E-state index in [1.807, 2.05) is 0 Å². The Balaban J connectivity index is 2.57. The maximum Gasteiger partial charge on any atom is 0.194 e. The predicted molar refractivity (Wildman–Crippen MR) is 76.2 cm³/mol. The molecule has 0 aliphatic carbocycles. The molecule has 0 saturated carbocycles. The lowest BCUT2D eigenvalue weighted by Gasteiger charge is -2.20. The normalized spacial score (nSPS) is 12.3. The van der Waals surface area contributed by atoms with Crippen molar-refractivity contribution in [3.63, 3.8) is 0 Å². The molecule has 0 aliphatic heterocycles. The third kappa shape index (κ3) is 3.04. The van der Waals surface area contributed by atoms with Crippen LogP contribution in [0.4, 0.5) is 13.2 Å². The first-order chi connectivity index (χ1) is 9.99. The molecule has 0 aromatic heterocycles. The second kappa shape index (κ2) is 6.46. The Morgan fingerprint density at radius 2 is 1.76 bits per heavy atom. The van der Waals surface area contributed by atoms with Gasteiger partial charge in [0, 0.05) is 15.6 Å². The Bertz CT molecular complexity index is 667. The SMILES string of the molecule is COc1cc(Br)ccc1C(NN)c1ccc(F)c(F)c1F. The number of ether oxygens (including phenoxy) is 1. The minimum Gasteiger partial charge on any atom is -0.496 e. The third-order valence-electron chi connectivity index (χ3n) is 3.05. The van der Waals surface area contributed by atoms with Crippen LogP contribution < -0.4 is 16.0 Å². The second-order valence-corrected chi connectivity index (χ2v) is 5.17. The van der Waals surface area contributed by atoms with Crippen LogP contribution in [0.25, 0.3) is 0 Å². The fourth-order valence-electron chi connectivity index (χ4n) is 2.03. The van der Waals surface area contributed by atoms with Crippen LogP contribution in [0.5, 0.6) is 5.75 Å². The summed E-state index contributed by atoms with van der Waals surface area (Å²) < 4.78 is 46.3. The molecule has 2 aromatic rings. The highest BCUT2D eigenvalue weighted by Gasteiger charge is 2.24. The maximum absolute atomic E-state index is 13.9. The van der Waals surface area contributed by atoms with Crippen LogP contribution in [0, 0.1) is 17.5 Å². The summed E-state index contributed by atoms with van der Waals surface area (Å²) in [7, 11) is 1.44. The Morgan fingerprint density at radius 1 is 1.10 bits per heavy atom. The zero-order valence-corrected chi connectivity index (χ0v) is 12.5. The molecule has 0 radical (unpaired) electrons. The van der Waals surface area contributed by atoms with Crippen molar-refractivity contribution in [1.82, 2.24) is 5.43 Å². The first-order valence-corrected chi connectivity index (χ1v) is 6.71. The van der Waals surface area contributed by atoms with Crippen molar-refractivity contribution in [2.24, 2.45) is 5.84 Å². The lowest BCUT2D eigenvalue weighted by atomic mass is 9.97. The molecule has 21 heavy (non-hydrogen) atoms. The average Bonchev–Trinajstić information content (AvgIpc) is 2.48. The van der Waals surface area contributed by atoms with Gasteiger partial charge in [-0.3, -0.25) is 5.84 Å². The fraction of sp³-hybridized carbons (Fsp3) is 0.143. The van der Waals surface area contributed by atoms with E-state index in [1.165, 1.54) is 7.11 Å². The number of benzene rings is 2. The standard InChI is InChI=1S/C14H12BrF3N2O/c1-21-11-6-7(15)2-3-8(11)14(20-19)9-4-5-10(16)13(18)12(9)17/h2-6,14,20H,19H2,1H3.